The molecule has 0 fully saturated rings. The predicted octanol–water partition coefficient (Wildman–Crippen LogP) is 5.50. The van der Waals surface area contributed by atoms with Crippen molar-refractivity contribution < 1.29 is 48.4 Å². The molecule has 31 heavy (non-hydrogen) atoms. The van der Waals surface area contributed by atoms with E-state index in [-0.39, 0.29) is 0 Å². The van der Waals surface area contributed by atoms with Gasteiger partial charge < -0.3 is 4.52 Å². The summed E-state index contributed by atoms with van der Waals surface area (Å²) in [6.45, 7) is 0. The highest BCUT2D eigenvalue weighted by Crippen LogP contribution is 2.49. The third-order valence-electron chi connectivity index (χ3n) is 3.94. The maximum absolute atomic E-state index is 14.5. The zero-order valence-electron chi connectivity index (χ0n) is 14.4. The zero-order chi connectivity index (χ0) is 23.2. The second kappa shape index (κ2) is 8.16. The maximum Gasteiger partial charge on any atom is 0.200 e. The Labute approximate surface area is 172 Å². The van der Waals surface area contributed by atoms with E-state index >= 15 is 0 Å². The zero-order valence-corrected chi connectivity index (χ0v) is 16.1. The Bertz CT molecular complexity index is 1120. The van der Waals surface area contributed by atoms with Gasteiger partial charge in [0.2, 0.25) is 11.6 Å². The fourth-order valence-electron chi connectivity index (χ4n) is 2.54. The van der Waals surface area contributed by atoms with E-state index in [1.807, 2.05) is 0 Å². The van der Waals surface area contributed by atoms with Gasteiger partial charge in [0.05, 0.1) is 0 Å². The van der Waals surface area contributed by atoms with Crippen LogP contribution in [-0.2, 0) is 11.8 Å². The number of para-hydroxylation sites is 1. The third kappa shape index (κ3) is 3.57. The lowest BCUT2D eigenvalue weighted by Gasteiger charge is -2.26. The molecule has 3 aromatic carbocycles. The summed E-state index contributed by atoms with van der Waals surface area (Å²) < 4.78 is 145. The maximum atomic E-state index is 14.5. The Kier molecular flexibility index (Phi) is 6.07. The Balaban J connectivity index is 2.51. The van der Waals surface area contributed by atoms with Crippen LogP contribution in [0.1, 0.15) is 0 Å². The fraction of sp³-hybridized carbons (Fsp3) is 0. The summed E-state index contributed by atoms with van der Waals surface area (Å²) in [6, 6.07) is 5.86. The van der Waals surface area contributed by atoms with Gasteiger partial charge in [-0.2, -0.15) is 0 Å². The molecule has 0 heterocycles. The van der Waals surface area contributed by atoms with Crippen LogP contribution in [0.25, 0.3) is 0 Å². The number of hydrogen-bond acceptors (Lipinski definition) is 2. The van der Waals surface area contributed by atoms with E-state index in [4.69, 9.17) is 16.3 Å². The van der Waals surface area contributed by atoms with Crippen LogP contribution in [0.3, 0.4) is 0 Å². The summed E-state index contributed by atoms with van der Waals surface area (Å²) in [5.41, 5.74) is 0. The molecule has 0 aromatic heterocycles. The van der Waals surface area contributed by atoms with Gasteiger partial charge in [0.1, 0.15) is 16.4 Å². The predicted molar refractivity (Wildman–Crippen MR) is 93.1 cm³/mol. The molecule has 0 aliphatic rings. The number of rotatable bonds is 4. The molecule has 0 N–H and O–H groups in total. The van der Waals surface area contributed by atoms with E-state index in [0.29, 0.717) is 0 Å². The smallest absolute Gasteiger partial charge is 0.200 e. The Morgan fingerprint density at radius 2 is 0.774 bits per heavy atom. The van der Waals surface area contributed by atoms with Gasteiger partial charge in [0, 0.05) is 0 Å². The largest absolute Gasteiger partial charge is 0.457 e. The molecule has 0 atom stereocenters. The van der Waals surface area contributed by atoms with Gasteiger partial charge in [-0.05, 0) is 23.9 Å². The number of halogens is 10. The van der Waals surface area contributed by atoms with Gasteiger partial charge in [-0.1, -0.05) is 18.2 Å². The highest BCUT2D eigenvalue weighted by molar-refractivity contribution is 8.19. The molecule has 13 heteroatoms. The monoisotopic (exact) mass is 490 g/mol. The van der Waals surface area contributed by atoms with Crippen LogP contribution in [0, 0.1) is 58.2 Å². The van der Waals surface area contributed by atoms with E-state index in [1.165, 1.54) is 18.2 Å². The highest BCUT2D eigenvalue weighted by Gasteiger charge is 2.43. The summed E-state index contributed by atoms with van der Waals surface area (Å²) in [4.78, 5) is 0. The van der Waals surface area contributed by atoms with Gasteiger partial charge in [0.25, 0.3) is 0 Å². The molecule has 0 aliphatic heterocycles. The Morgan fingerprint density at radius 1 is 0.484 bits per heavy atom. The SMILES string of the molecule is Fc1c(F)c(F)c(P(=S)(Oc2ccccc2)c2c(F)c(F)c(F)c(F)c2F)c(F)c1F. The Hall–Kier alpha value is -2.59. The third-order valence-corrected chi connectivity index (χ3v) is 7.69. The second-order valence-electron chi connectivity index (χ2n) is 5.79. The average Bonchev–Trinajstić information content (AvgIpc) is 2.74. The second-order valence-corrected chi connectivity index (χ2v) is 9.52. The van der Waals surface area contributed by atoms with Crippen LogP contribution in [0.4, 0.5) is 43.9 Å². The van der Waals surface area contributed by atoms with E-state index in [0.717, 1.165) is 12.1 Å². The summed E-state index contributed by atoms with van der Waals surface area (Å²) >= 11 is 4.81. The molecule has 164 valence electrons. The van der Waals surface area contributed by atoms with Gasteiger partial charge in [-0.15, -0.1) is 0 Å². The first-order valence-electron chi connectivity index (χ1n) is 7.82. The number of hydrogen-bond donors (Lipinski definition) is 0. The van der Waals surface area contributed by atoms with Crippen molar-refractivity contribution in [3.8, 4) is 5.75 Å². The molecule has 0 radical (unpaired) electrons. The molecule has 3 aromatic rings. The topological polar surface area (TPSA) is 9.23 Å². The van der Waals surface area contributed by atoms with Gasteiger partial charge in [-0.3, -0.25) is 0 Å². The first kappa shape index (κ1) is 23.1. The van der Waals surface area contributed by atoms with Gasteiger partial charge in [0.15, 0.2) is 52.8 Å². The quantitative estimate of drug-likeness (QED) is 0.207. The van der Waals surface area contributed by atoms with Crippen LogP contribution < -0.4 is 15.1 Å². The molecule has 0 bridgehead atoms. The Morgan fingerprint density at radius 3 is 1.10 bits per heavy atom. The lowest BCUT2D eigenvalue weighted by atomic mass is 10.3. The molecule has 0 saturated heterocycles. The summed E-state index contributed by atoms with van der Waals surface area (Å²) in [5, 5.41) is -4.07. The molecule has 0 saturated carbocycles. The fourth-order valence-corrected chi connectivity index (χ4v) is 6.01. The molecular formula is C18H5F10OPS. The standard InChI is InChI=1S/C18H5F10OPS/c19-7-9(21)13(25)17(14(26)10(7)22)30(31,29-6-4-2-1-3-5-6)18-15(27)11(23)8(20)12(24)16(18)28/h1-5H. The molecule has 1 nitrogen and oxygen atoms in total. The van der Waals surface area contributed by atoms with Crippen LogP contribution in [0.15, 0.2) is 30.3 Å². The lowest BCUT2D eigenvalue weighted by molar-refractivity contribution is 0.381. The van der Waals surface area contributed by atoms with Crippen molar-refractivity contribution in [1.82, 2.24) is 0 Å². The summed E-state index contributed by atoms with van der Waals surface area (Å²) in [6.07, 6.45) is -5.40. The minimum atomic E-state index is -5.40. The summed E-state index contributed by atoms with van der Waals surface area (Å²) in [5.74, 6) is -26.5. The molecular weight excluding hydrogens is 485 g/mol. The first-order valence-corrected chi connectivity index (χ1v) is 10.5. The lowest BCUT2D eigenvalue weighted by Crippen LogP contribution is -2.33. The van der Waals surface area contributed by atoms with Crippen LogP contribution in [-0.4, -0.2) is 0 Å². The van der Waals surface area contributed by atoms with Crippen molar-refractivity contribution in [1.29, 1.82) is 0 Å². The van der Waals surface area contributed by atoms with Crippen molar-refractivity contribution in [3.05, 3.63) is 88.5 Å². The highest BCUT2D eigenvalue weighted by atomic mass is 32.4. The van der Waals surface area contributed by atoms with Crippen molar-refractivity contribution in [2.45, 2.75) is 0 Å². The summed E-state index contributed by atoms with van der Waals surface area (Å²) in [7, 11) is 0. The van der Waals surface area contributed by atoms with Crippen molar-refractivity contribution in [2.75, 3.05) is 0 Å². The van der Waals surface area contributed by atoms with Crippen molar-refractivity contribution in [2.24, 2.45) is 0 Å². The average molecular weight is 490 g/mol. The van der Waals surface area contributed by atoms with Crippen LogP contribution >= 0.6 is 6.26 Å². The van der Waals surface area contributed by atoms with Gasteiger partial charge in [-0.25, -0.2) is 43.9 Å². The normalized spacial score (nSPS) is 11.7. The van der Waals surface area contributed by atoms with E-state index < -0.39 is 80.8 Å². The molecule has 0 aliphatic carbocycles. The minimum absolute atomic E-state index is 0.501. The van der Waals surface area contributed by atoms with Gasteiger partial charge >= 0.3 is 0 Å². The number of benzene rings is 3. The van der Waals surface area contributed by atoms with Crippen molar-refractivity contribution in [3.63, 3.8) is 0 Å². The molecule has 0 spiro atoms. The molecule has 0 amide bonds. The van der Waals surface area contributed by atoms with Crippen molar-refractivity contribution >= 4 is 28.7 Å². The van der Waals surface area contributed by atoms with Crippen LogP contribution in [0.2, 0.25) is 0 Å². The first-order chi connectivity index (χ1) is 14.4. The van der Waals surface area contributed by atoms with E-state index in [9.17, 15) is 43.9 Å². The molecule has 0 unspecified atom stereocenters. The van der Waals surface area contributed by atoms with E-state index in [1.54, 1.807) is 0 Å². The van der Waals surface area contributed by atoms with Crippen LogP contribution in [0.5, 0.6) is 5.75 Å². The van der Waals surface area contributed by atoms with E-state index in [2.05, 4.69) is 0 Å². The minimum Gasteiger partial charge on any atom is -0.457 e. The molecule has 3 rings (SSSR count).